The maximum Gasteiger partial charge on any atom is 0.224 e. The Morgan fingerprint density at radius 2 is 1.94 bits per heavy atom. The molecule has 1 aromatic rings. The van der Waals surface area contributed by atoms with E-state index in [1.807, 2.05) is 0 Å². The second-order valence-electron chi connectivity index (χ2n) is 4.88. The summed E-state index contributed by atoms with van der Waals surface area (Å²) in [6.07, 6.45) is 2.12. The van der Waals surface area contributed by atoms with Crippen molar-refractivity contribution in [3.8, 4) is 0 Å². The van der Waals surface area contributed by atoms with Crippen LogP contribution in [0.2, 0.25) is 10.4 Å². The molecule has 2 atom stereocenters. The van der Waals surface area contributed by atoms with Crippen LogP contribution in [0, 0.1) is 11.8 Å². The van der Waals surface area contributed by atoms with Crippen molar-refractivity contribution in [2.45, 2.75) is 39.5 Å². The number of aromatic nitrogens is 2. The number of aryl methyl sites for hydroxylation is 1. The van der Waals surface area contributed by atoms with Crippen molar-refractivity contribution in [1.29, 1.82) is 0 Å². The Bertz CT molecular complexity index is 404. The maximum atomic E-state index is 6.18. The van der Waals surface area contributed by atoms with Crippen LogP contribution in [0.1, 0.15) is 44.4 Å². The molecule has 0 aliphatic heterocycles. The van der Waals surface area contributed by atoms with Gasteiger partial charge in [0.2, 0.25) is 5.28 Å². The highest BCUT2D eigenvalue weighted by molar-refractivity contribution is 6.32. The molecule has 0 N–H and O–H groups in total. The summed E-state index contributed by atoms with van der Waals surface area (Å²) in [5.74, 6) is 1.75. The molecule has 0 aromatic carbocycles. The zero-order chi connectivity index (χ0) is 11.9. The van der Waals surface area contributed by atoms with Crippen molar-refractivity contribution in [2.75, 3.05) is 0 Å². The molecule has 16 heavy (non-hydrogen) atoms. The van der Waals surface area contributed by atoms with Gasteiger partial charge in [0.05, 0.1) is 5.69 Å². The fraction of sp³-hybridized carbons (Fsp3) is 0.667. The Labute approximate surface area is 106 Å². The number of hydrogen-bond donors (Lipinski definition) is 0. The van der Waals surface area contributed by atoms with E-state index >= 15 is 0 Å². The second kappa shape index (κ2) is 4.50. The van der Waals surface area contributed by atoms with Crippen LogP contribution in [0.15, 0.2) is 0 Å². The summed E-state index contributed by atoms with van der Waals surface area (Å²) in [6, 6.07) is 0. The lowest BCUT2D eigenvalue weighted by atomic mass is 9.73. The molecule has 1 heterocycles. The lowest BCUT2D eigenvalue weighted by molar-refractivity contribution is 0.292. The highest BCUT2D eigenvalue weighted by Gasteiger charge is 2.31. The van der Waals surface area contributed by atoms with Crippen LogP contribution in [0.3, 0.4) is 0 Å². The van der Waals surface area contributed by atoms with Crippen LogP contribution in [-0.4, -0.2) is 9.97 Å². The Morgan fingerprint density at radius 3 is 2.56 bits per heavy atom. The van der Waals surface area contributed by atoms with Gasteiger partial charge >= 0.3 is 0 Å². The van der Waals surface area contributed by atoms with Crippen molar-refractivity contribution >= 4 is 23.2 Å². The van der Waals surface area contributed by atoms with Crippen molar-refractivity contribution in [3.63, 3.8) is 0 Å². The van der Waals surface area contributed by atoms with Crippen molar-refractivity contribution < 1.29 is 0 Å². The molecule has 4 heteroatoms. The van der Waals surface area contributed by atoms with E-state index in [-0.39, 0.29) is 5.28 Å². The van der Waals surface area contributed by atoms with Gasteiger partial charge in [-0.3, -0.25) is 0 Å². The molecule has 88 valence electrons. The summed E-state index contributed by atoms with van der Waals surface area (Å²) in [6.45, 7) is 6.74. The van der Waals surface area contributed by atoms with E-state index in [0.717, 1.165) is 24.1 Å². The predicted molar refractivity (Wildman–Crippen MR) is 67.1 cm³/mol. The minimum atomic E-state index is 0.263. The van der Waals surface area contributed by atoms with Gasteiger partial charge in [0, 0.05) is 5.56 Å². The summed E-state index contributed by atoms with van der Waals surface area (Å²) >= 11 is 12.0. The van der Waals surface area contributed by atoms with Crippen LogP contribution in [0.25, 0.3) is 0 Å². The van der Waals surface area contributed by atoms with Gasteiger partial charge in [-0.1, -0.05) is 32.4 Å². The average molecular weight is 259 g/mol. The number of hydrogen-bond acceptors (Lipinski definition) is 2. The summed E-state index contributed by atoms with van der Waals surface area (Å²) in [5, 5.41) is 0.798. The standard InChI is InChI=1S/C12H16Cl2N2/c1-6(2)8-4-5-9-10(7(8)3)11(13)16-12(14)15-9/h6-8H,4-5H2,1-3H3. The molecule has 1 aliphatic carbocycles. The smallest absolute Gasteiger partial charge is 0.223 e. The average Bonchev–Trinajstić information content (AvgIpc) is 2.15. The summed E-state index contributed by atoms with van der Waals surface area (Å²) in [4.78, 5) is 8.34. The predicted octanol–water partition coefficient (Wildman–Crippen LogP) is 4.11. The third kappa shape index (κ3) is 2.05. The van der Waals surface area contributed by atoms with E-state index in [2.05, 4.69) is 30.7 Å². The first kappa shape index (κ1) is 12.1. The van der Waals surface area contributed by atoms with Crippen LogP contribution in [0.4, 0.5) is 0 Å². The molecule has 0 amide bonds. The first-order valence-corrected chi connectivity index (χ1v) is 6.48. The molecule has 2 nitrogen and oxygen atoms in total. The van der Waals surface area contributed by atoms with E-state index in [1.165, 1.54) is 0 Å². The topological polar surface area (TPSA) is 25.8 Å². The van der Waals surface area contributed by atoms with Gasteiger partial charge in [-0.05, 0) is 42.2 Å². The first-order chi connectivity index (χ1) is 7.50. The molecule has 0 saturated heterocycles. The van der Waals surface area contributed by atoms with Crippen molar-refractivity contribution in [2.24, 2.45) is 11.8 Å². The Morgan fingerprint density at radius 1 is 1.25 bits per heavy atom. The van der Waals surface area contributed by atoms with Gasteiger partial charge in [0.15, 0.2) is 0 Å². The number of fused-ring (bicyclic) bond motifs is 1. The van der Waals surface area contributed by atoms with Gasteiger partial charge < -0.3 is 0 Å². The van der Waals surface area contributed by atoms with Gasteiger partial charge in [0.25, 0.3) is 0 Å². The minimum absolute atomic E-state index is 0.263. The van der Waals surface area contributed by atoms with Crippen molar-refractivity contribution in [3.05, 3.63) is 21.7 Å². The maximum absolute atomic E-state index is 6.18. The molecule has 0 spiro atoms. The molecular weight excluding hydrogens is 243 g/mol. The first-order valence-electron chi connectivity index (χ1n) is 5.72. The van der Waals surface area contributed by atoms with Gasteiger partial charge in [-0.15, -0.1) is 0 Å². The zero-order valence-electron chi connectivity index (χ0n) is 9.80. The molecule has 2 unspecified atom stereocenters. The second-order valence-corrected chi connectivity index (χ2v) is 5.58. The normalized spacial score (nSPS) is 24.6. The van der Waals surface area contributed by atoms with Gasteiger partial charge in [0.1, 0.15) is 5.15 Å². The van der Waals surface area contributed by atoms with Gasteiger partial charge in [-0.25, -0.2) is 9.97 Å². The molecule has 0 radical (unpaired) electrons. The fourth-order valence-corrected chi connectivity index (χ4v) is 3.37. The van der Waals surface area contributed by atoms with E-state index < -0.39 is 0 Å². The highest BCUT2D eigenvalue weighted by atomic mass is 35.5. The SMILES string of the molecule is CC(C)C1CCc2nc(Cl)nc(Cl)c2C1C. The highest BCUT2D eigenvalue weighted by Crippen LogP contribution is 2.41. The van der Waals surface area contributed by atoms with E-state index in [0.29, 0.717) is 22.9 Å². The molecule has 0 bridgehead atoms. The van der Waals surface area contributed by atoms with Gasteiger partial charge in [-0.2, -0.15) is 0 Å². The summed E-state index contributed by atoms with van der Waals surface area (Å²) in [7, 11) is 0. The van der Waals surface area contributed by atoms with Crippen LogP contribution < -0.4 is 0 Å². The van der Waals surface area contributed by atoms with Crippen LogP contribution >= 0.6 is 23.2 Å². The monoisotopic (exact) mass is 258 g/mol. The lowest BCUT2D eigenvalue weighted by Gasteiger charge is -2.33. The van der Waals surface area contributed by atoms with E-state index in [9.17, 15) is 0 Å². The Kier molecular flexibility index (Phi) is 3.41. The quantitative estimate of drug-likeness (QED) is 0.560. The molecule has 1 aromatic heterocycles. The largest absolute Gasteiger partial charge is 0.224 e. The minimum Gasteiger partial charge on any atom is -0.223 e. The third-order valence-corrected chi connectivity index (χ3v) is 4.08. The molecule has 1 aliphatic rings. The van der Waals surface area contributed by atoms with Crippen molar-refractivity contribution in [1.82, 2.24) is 9.97 Å². The number of rotatable bonds is 1. The molecule has 0 fully saturated rings. The van der Waals surface area contributed by atoms with E-state index in [4.69, 9.17) is 23.2 Å². The Hall–Kier alpha value is -0.340. The Balaban J connectivity index is 2.44. The van der Waals surface area contributed by atoms with Crippen LogP contribution in [0.5, 0.6) is 0 Å². The summed E-state index contributed by atoms with van der Waals surface area (Å²) < 4.78 is 0. The molecular formula is C12H16Cl2N2. The van der Waals surface area contributed by atoms with E-state index in [1.54, 1.807) is 0 Å². The zero-order valence-corrected chi connectivity index (χ0v) is 11.3. The summed E-state index contributed by atoms with van der Waals surface area (Å²) in [5.41, 5.74) is 2.14. The third-order valence-electron chi connectivity index (χ3n) is 3.62. The molecule has 0 saturated carbocycles. The van der Waals surface area contributed by atoms with Crippen LogP contribution in [-0.2, 0) is 6.42 Å². The number of halogens is 2. The lowest BCUT2D eigenvalue weighted by Crippen LogP contribution is -2.24. The fourth-order valence-electron chi connectivity index (χ4n) is 2.78. The number of nitrogens with zero attached hydrogens (tertiary/aromatic N) is 2. The molecule has 2 rings (SSSR count).